The van der Waals surface area contributed by atoms with Gasteiger partial charge in [0.15, 0.2) is 0 Å². The lowest BCUT2D eigenvalue weighted by atomic mass is 10.1. The van der Waals surface area contributed by atoms with Crippen molar-refractivity contribution in [2.24, 2.45) is 0 Å². The van der Waals surface area contributed by atoms with E-state index in [9.17, 15) is 4.79 Å². The number of carbonyl (C=O) groups excluding carboxylic acids is 1. The number of nitriles is 1. The van der Waals surface area contributed by atoms with Crippen molar-refractivity contribution in [3.63, 3.8) is 0 Å². The highest BCUT2D eigenvalue weighted by atomic mass is 16.5. The summed E-state index contributed by atoms with van der Waals surface area (Å²) < 4.78 is 5.55. The minimum absolute atomic E-state index is 0.0820. The van der Waals surface area contributed by atoms with Crippen LogP contribution in [0, 0.1) is 11.3 Å². The molecule has 1 amide bonds. The van der Waals surface area contributed by atoms with Crippen LogP contribution in [-0.2, 0) is 11.2 Å². The van der Waals surface area contributed by atoms with Crippen molar-refractivity contribution >= 4 is 11.6 Å². The molecule has 0 unspecified atom stereocenters. The summed E-state index contributed by atoms with van der Waals surface area (Å²) >= 11 is 0. The molecule has 4 heteroatoms. The van der Waals surface area contributed by atoms with E-state index in [1.54, 1.807) is 24.3 Å². The number of rotatable bonds is 6. The predicted molar refractivity (Wildman–Crippen MR) is 85.7 cm³/mol. The van der Waals surface area contributed by atoms with Gasteiger partial charge in [-0.1, -0.05) is 24.3 Å². The molecule has 0 heterocycles. The number of aryl methyl sites for hydroxylation is 1. The Morgan fingerprint density at radius 2 is 2.05 bits per heavy atom. The number of anilines is 1. The number of amides is 1. The van der Waals surface area contributed by atoms with Gasteiger partial charge in [-0.2, -0.15) is 5.26 Å². The smallest absolute Gasteiger partial charge is 0.224 e. The van der Waals surface area contributed by atoms with E-state index in [2.05, 4.69) is 11.4 Å². The molecule has 0 atom stereocenters. The average Bonchev–Trinajstić information content (AvgIpc) is 2.54. The maximum Gasteiger partial charge on any atom is 0.224 e. The molecule has 2 rings (SSSR count). The van der Waals surface area contributed by atoms with Crippen molar-refractivity contribution in [2.45, 2.75) is 19.8 Å². The van der Waals surface area contributed by atoms with Crippen LogP contribution < -0.4 is 10.1 Å². The number of benzene rings is 2. The lowest BCUT2D eigenvalue weighted by Gasteiger charge is -2.10. The van der Waals surface area contributed by atoms with Gasteiger partial charge < -0.3 is 10.1 Å². The first-order valence-corrected chi connectivity index (χ1v) is 7.23. The summed E-state index contributed by atoms with van der Waals surface area (Å²) in [5, 5.41) is 11.7. The molecule has 0 fully saturated rings. The Labute approximate surface area is 130 Å². The maximum atomic E-state index is 12.0. The summed E-state index contributed by atoms with van der Waals surface area (Å²) in [5.74, 6) is 0.741. The fraction of sp³-hybridized carbons (Fsp3) is 0.222. The van der Waals surface area contributed by atoms with Crippen LogP contribution in [0.2, 0.25) is 0 Å². The fourth-order valence-corrected chi connectivity index (χ4v) is 2.14. The van der Waals surface area contributed by atoms with Gasteiger partial charge in [0.25, 0.3) is 0 Å². The highest BCUT2D eigenvalue weighted by molar-refractivity contribution is 5.91. The third-order valence-corrected chi connectivity index (χ3v) is 3.17. The second-order valence-corrected chi connectivity index (χ2v) is 4.78. The molecule has 22 heavy (non-hydrogen) atoms. The zero-order valence-electron chi connectivity index (χ0n) is 12.5. The number of nitrogens with zero attached hydrogens (tertiary/aromatic N) is 1. The van der Waals surface area contributed by atoms with Crippen molar-refractivity contribution in [3.8, 4) is 11.8 Å². The molecule has 0 saturated carbocycles. The number of hydrogen-bond acceptors (Lipinski definition) is 3. The number of ether oxygens (including phenoxy) is 1. The van der Waals surface area contributed by atoms with Gasteiger partial charge in [0.2, 0.25) is 5.91 Å². The Morgan fingerprint density at radius 3 is 2.82 bits per heavy atom. The third-order valence-electron chi connectivity index (χ3n) is 3.17. The number of carbonyl (C=O) groups is 1. The minimum atomic E-state index is -0.0820. The van der Waals surface area contributed by atoms with Crippen LogP contribution >= 0.6 is 0 Å². The molecule has 4 nitrogen and oxygen atoms in total. The Bertz CT molecular complexity index is 689. The van der Waals surface area contributed by atoms with E-state index >= 15 is 0 Å². The summed E-state index contributed by atoms with van der Waals surface area (Å²) in [7, 11) is 0. The van der Waals surface area contributed by atoms with Crippen molar-refractivity contribution < 1.29 is 9.53 Å². The Kier molecular flexibility index (Phi) is 5.56. The highest BCUT2D eigenvalue weighted by Crippen LogP contribution is 2.20. The van der Waals surface area contributed by atoms with Crippen LogP contribution in [0.15, 0.2) is 48.5 Å². The van der Waals surface area contributed by atoms with Gasteiger partial charge in [0, 0.05) is 12.1 Å². The molecule has 0 saturated heterocycles. The van der Waals surface area contributed by atoms with Crippen LogP contribution in [0.3, 0.4) is 0 Å². The van der Waals surface area contributed by atoms with Gasteiger partial charge in [-0.05, 0) is 43.2 Å². The molecule has 0 bridgehead atoms. The molecule has 2 aromatic rings. The molecule has 0 radical (unpaired) electrons. The first-order valence-electron chi connectivity index (χ1n) is 7.23. The van der Waals surface area contributed by atoms with Gasteiger partial charge in [0.05, 0.1) is 18.2 Å². The largest absolute Gasteiger partial charge is 0.494 e. The first-order chi connectivity index (χ1) is 10.7. The molecule has 2 aromatic carbocycles. The monoisotopic (exact) mass is 294 g/mol. The first kappa shape index (κ1) is 15.6. The molecule has 112 valence electrons. The van der Waals surface area contributed by atoms with E-state index < -0.39 is 0 Å². The van der Waals surface area contributed by atoms with E-state index in [4.69, 9.17) is 10.00 Å². The van der Waals surface area contributed by atoms with Crippen molar-refractivity contribution in [2.75, 3.05) is 11.9 Å². The molecule has 0 aliphatic carbocycles. The maximum absolute atomic E-state index is 12.0. The summed E-state index contributed by atoms with van der Waals surface area (Å²) in [5.41, 5.74) is 2.19. The van der Waals surface area contributed by atoms with E-state index in [1.807, 2.05) is 31.2 Å². The van der Waals surface area contributed by atoms with Gasteiger partial charge in [-0.25, -0.2) is 0 Å². The zero-order valence-corrected chi connectivity index (χ0v) is 12.5. The molecular weight excluding hydrogens is 276 g/mol. The predicted octanol–water partition coefficient (Wildman–Crippen LogP) is 3.53. The molecular formula is C18H18N2O2. The summed E-state index contributed by atoms with van der Waals surface area (Å²) in [6.07, 6.45) is 0.973. The van der Waals surface area contributed by atoms with Crippen LogP contribution in [0.5, 0.6) is 5.75 Å². The van der Waals surface area contributed by atoms with Crippen molar-refractivity contribution in [1.29, 1.82) is 5.26 Å². The van der Waals surface area contributed by atoms with Gasteiger partial charge in [-0.3, -0.25) is 4.79 Å². The third kappa shape index (κ3) is 4.35. The quantitative estimate of drug-likeness (QED) is 0.886. The van der Waals surface area contributed by atoms with Crippen molar-refractivity contribution in [3.05, 3.63) is 59.7 Å². The van der Waals surface area contributed by atoms with Crippen LogP contribution in [0.25, 0.3) is 0 Å². The van der Waals surface area contributed by atoms with E-state index in [0.717, 1.165) is 11.3 Å². The lowest BCUT2D eigenvalue weighted by Crippen LogP contribution is -2.12. The van der Waals surface area contributed by atoms with E-state index in [-0.39, 0.29) is 5.91 Å². The molecule has 0 spiro atoms. The van der Waals surface area contributed by atoms with Gasteiger partial charge in [0.1, 0.15) is 5.75 Å². The summed E-state index contributed by atoms with van der Waals surface area (Å²) in [6, 6.07) is 16.7. The Hall–Kier alpha value is -2.80. The zero-order chi connectivity index (χ0) is 15.8. The van der Waals surface area contributed by atoms with Crippen LogP contribution in [-0.4, -0.2) is 12.5 Å². The van der Waals surface area contributed by atoms with Gasteiger partial charge >= 0.3 is 0 Å². The van der Waals surface area contributed by atoms with Gasteiger partial charge in [-0.15, -0.1) is 0 Å². The topological polar surface area (TPSA) is 62.1 Å². The van der Waals surface area contributed by atoms with Crippen LogP contribution in [0.1, 0.15) is 24.5 Å². The molecule has 0 aliphatic heterocycles. The molecule has 1 N–H and O–H groups in total. The fourth-order valence-electron chi connectivity index (χ4n) is 2.14. The Balaban J connectivity index is 1.94. The average molecular weight is 294 g/mol. The van der Waals surface area contributed by atoms with E-state index in [0.29, 0.717) is 30.7 Å². The number of para-hydroxylation sites is 1. The van der Waals surface area contributed by atoms with Crippen LogP contribution in [0.4, 0.5) is 5.69 Å². The molecule has 0 aromatic heterocycles. The second-order valence-electron chi connectivity index (χ2n) is 4.78. The number of hydrogen-bond donors (Lipinski definition) is 1. The normalized spacial score (nSPS) is 9.82. The molecule has 0 aliphatic rings. The summed E-state index contributed by atoms with van der Waals surface area (Å²) in [4.78, 5) is 12.0. The second kappa shape index (κ2) is 7.84. The lowest BCUT2D eigenvalue weighted by molar-refractivity contribution is -0.116. The Morgan fingerprint density at radius 1 is 1.23 bits per heavy atom. The summed E-state index contributed by atoms with van der Waals surface area (Å²) in [6.45, 7) is 2.54. The highest BCUT2D eigenvalue weighted by Gasteiger charge is 2.07. The number of nitrogens with one attached hydrogen (secondary N) is 1. The standard InChI is InChI=1S/C18H18N2O2/c1-2-22-17-9-4-3-7-15(17)10-11-18(21)20-16-8-5-6-14(12-16)13-19/h3-9,12H,2,10-11H2,1H3,(H,20,21). The minimum Gasteiger partial charge on any atom is -0.494 e. The SMILES string of the molecule is CCOc1ccccc1CCC(=O)Nc1cccc(C#N)c1. The van der Waals surface area contributed by atoms with E-state index in [1.165, 1.54) is 0 Å². The van der Waals surface area contributed by atoms with Crippen molar-refractivity contribution in [1.82, 2.24) is 0 Å².